The molecule has 1 amide bonds. The van der Waals surface area contributed by atoms with Crippen LogP contribution in [0.3, 0.4) is 0 Å². The zero-order valence-electron chi connectivity index (χ0n) is 18.4. The molecule has 170 valence electrons. The number of anilines is 1. The van der Waals surface area contributed by atoms with E-state index in [2.05, 4.69) is 34.3 Å². The standard InChI is InChI=1S/C22H25F2N3O4Si/c1-30-19(28)14-10-16-17(26-12-14)11-21(22(16,23)24)15-6-5-7-25-18(15)27(20(21)29)13-31-8-9-32(2,3)4/h5-7,10,12H,8-9,11,13H2,1-4H3. The van der Waals surface area contributed by atoms with Gasteiger partial charge in [0, 0.05) is 44.6 Å². The van der Waals surface area contributed by atoms with Gasteiger partial charge < -0.3 is 9.47 Å². The summed E-state index contributed by atoms with van der Waals surface area (Å²) in [5, 5.41) is 0. The molecule has 3 heterocycles. The number of fused-ring (bicyclic) bond motifs is 3. The number of carbonyl (C=O) groups excluding carboxylic acids is 2. The van der Waals surface area contributed by atoms with Crippen LogP contribution in [0.2, 0.25) is 25.7 Å². The van der Waals surface area contributed by atoms with Crippen molar-refractivity contribution in [3.63, 3.8) is 0 Å². The van der Waals surface area contributed by atoms with E-state index < -0.39 is 36.9 Å². The predicted molar refractivity (Wildman–Crippen MR) is 116 cm³/mol. The van der Waals surface area contributed by atoms with E-state index in [-0.39, 0.29) is 35.8 Å². The zero-order chi connectivity index (χ0) is 23.3. The molecule has 1 spiro atoms. The second-order valence-electron chi connectivity index (χ2n) is 9.32. The van der Waals surface area contributed by atoms with Crippen LogP contribution in [0.25, 0.3) is 0 Å². The average Bonchev–Trinajstić information content (AvgIpc) is 3.13. The Hall–Kier alpha value is -2.72. The molecule has 0 radical (unpaired) electrons. The molecule has 2 aromatic heterocycles. The van der Waals surface area contributed by atoms with Crippen LogP contribution in [-0.4, -0.2) is 50.4 Å². The second-order valence-corrected chi connectivity index (χ2v) is 14.9. The van der Waals surface area contributed by atoms with E-state index in [0.717, 1.165) is 19.2 Å². The molecule has 1 aliphatic carbocycles. The van der Waals surface area contributed by atoms with E-state index in [9.17, 15) is 9.59 Å². The van der Waals surface area contributed by atoms with Crippen molar-refractivity contribution in [1.29, 1.82) is 0 Å². The highest BCUT2D eigenvalue weighted by Crippen LogP contribution is 2.60. The first-order valence-corrected chi connectivity index (χ1v) is 14.0. The number of hydrogen-bond acceptors (Lipinski definition) is 6. The molecule has 10 heteroatoms. The number of esters is 1. The number of halogens is 2. The molecular formula is C22H25F2N3O4Si. The SMILES string of the molecule is COC(=O)c1cnc2c(c1)C(F)(F)C1(C2)C(=O)N(COCC[Si](C)(C)C)c2ncccc21. The molecule has 1 aliphatic heterocycles. The molecule has 1 atom stereocenters. The molecule has 1 unspecified atom stereocenters. The van der Waals surface area contributed by atoms with Crippen molar-refractivity contribution in [2.45, 2.75) is 43.4 Å². The van der Waals surface area contributed by atoms with E-state index in [4.69, 9.17) is 4.74 Å². The van der Waals surface area contributed by atoms with E-state index >= 15 is 8.78 Å². The summed E-state index contributed by atoms with van der Waals surface area (Å²) in [5.41, 5.74) is -2.49. The topological polar surface area (TPSA) is 81.6 Å². The first-order valence-electron chi connectivity index (χ1n) is 10.3. The van der Waals surface area contributed by atoms with Crippen LogP contribution in [0.15, 0.2) is 30.6 Å². The number of methoxy groups -OCH3 is 1. The molecule has 0 saturated heterocycles. The summed E-state index contributed by atoms with van der Waals surface area (Å²) in [6.07, 6.45) is 2.37. The molecule has 0 saturated carbocycles. The number of alkyl halides is 2. The zero-order valence-corrected chi connectivity index (χ0v) is 19.4. The summed E-state index contributed by atoms with van der Waals surface area (Å²) in [6, 6.07) is 5.00. The molecule has 0 aromatic carbocycles. The highest BCUT2D eigenvalue weighted by atomic mass is 28.3. The summed E-state index contributed by atoms with van der Waals surface area (Å²) in [4.78, 5) is 34.9. The highest BCUT2D eigenvalue weighted by Gasteiger charge is 2.71. The number of pyridine rings is 2. The molecule has 0 N–H and O–H groups in total. The Labute approximate surface area is 185 Å². The van der Waals surface area contributed by atoms with Crippen LogP contribution in [0.4, 0.5) is 14.6 Å². The second kappa shape index (κ2) is 7.70. The fraction of sp³-hybridized carbons (Fsp3) is 0.455. The van der Waals surface area contributed by atoms with Gasteiger partial charge in [0.25, 0.3) is 5.92 Å². The Morgan fingerprint density at radius 2 is 2.00 bits per heavy atom. The summed E-state index contributed by atoms with van der Waals surface area (Å²) in [6.45, 7) is 6.90. The molecular weight excluding hydrogens is 436 g/mol. The number of hydrogen-bond donors (Lipinski definition) is 0. The first-order chi connectivity index (χ1) is 15.0. The van der Waals surface area contributed by atoms with Crippen LogP contribution in [-0.2, 0) is 32.0 Å². The summed E-state index contributed by atoms with van der Waals surface area (Å²) in [7, 11) is -0.185. The third-order valence-electron chi connectivity index (χ3n) is 6.03. The normalized spacial score (nSPS) is 21.1. The Kier molecular flexibility index (Phi) is 5.41. The molecule has 4 rings (SSSR count). The van der Waals surface area contributed by atoms with Crippen molar-refractivity contribution in [3.8, 4) is 0 Å². The van der Waals surface area contributed by atoms with Crippen LogP contribution < -0.4 is 4.90 Å². The van der Waals surface area contributed by atoms with Crippen LogP contribution in [0.1, 0.15) is 27.2 Å². The molecule has 0 bridgehead atoms. The molecule has 2 aromatic rings. The van der Waals surface area contributed by atoms with E-state index in [0.29, 0.717) is 6.61 Å². The van der Waals surface area contributed by atoms with Gasteiger partial charge in [-0.2, -0.15) is 8.78 Å². The lowest BCUT2D eigenvalue weighted by Crippen LogP contribution is -2.49. The van der Waals surface area contributed by atoms with Gasteiger partial charge in [-0.3, -0.25) is 14.7 Å². The fourth-order valence-corrected chi connectivity index (χ4v) is 5.00. The number of rotatable bonds is 6. The van der Waals surface area contributed by atoms with E-state index in [1.165, 1.54) is 29.4 Å². The first kappa shape index (κ1) is 22.5. The number of ether oxygens (including phenoxy) is 2. The van der Waals surface area contributed by atoms with Gasteiger partial charge in [-0.1, -0.05) is 25.7 Å². The van der Waals surface area contributed by atoms with Gasteiger partial charge in [0.05, 0.1) is 18.4 Å². The summed E-state index contributed by atoms with van der Waals surface area (Å²) >= 11 is 0. The van der Waals surface area contributed by atoms with Crippen molar-refractivity contribution in [2.24, 2.45) is 0 Å². The van der Waals surface area contributed by atoms with Gasteiger partial charge >= 0.3 is 5.97 Å². The maximum Gasteiger partial charge on any atom is 0.339 e. The highest BCUT2D eigenvalue weighted by molar-refractivity contribution is 6.76. The van der Waals surface area contributed by atoms with E-state index in [1.54, 1.807) is 0 Å². The van der Waals surface area contributed by atoms with Gasteiger partial charge in [0.1, 0.15) is 12.5 Å². The minimum Gasteiger partial charge on any atom is -0.465 e. The average molecular weight is 462 g/mol. The molecule has 32 heavy (non-hydrogen) atoms. The van der Waals surface area contributed by atoms with Crippen molar-refractivity contribution in [2.75, 3.05) is 25.3 Å². The lowest BCUT2D eigenvalue weighted by Gasteiger charge is -2.30. The Balaban J connectivity index is 1.71. The fourth-order valence-electron chi connectivity index (χ4n) is 4.24. The molecule has 0 fully saturated rings. The van der Waals surface area contributed by atoms with Gasteiger partial charge in [-0.05, 0) is 18.2 Å². The predicted octanol–water partition coefficient (Wildman–Crippen LogP) is 3.51. The quantitative estimate of drug-likeness (QED) is 0.372. The smallest absolute Gasteiger partial charge is 0.339 e. The lowest BCUT2D eigenvalue weighted by atomic mass is 9.76. The molecule has 7 nitrogen and oxygen atoms in total. The maximum atomic E-state index is 16.0. The minimum atomic E-state index is -3.60. The number of amides is 1. The number of nitrogens with zero attached hydrogens (tertiary/aromatic N) is 3. The van der Waals surface area contributed by atoms with Gasteiger partial charge in [-0.25, -0.2) is 9.78 Å². The third kappa shape index (κ3) is 3.32. The molecule has 2 aliphatic rings. The van der Waals surface area contributed by atoms with Crippen molar-refractivity contribution in [1.82, 2.24) is 9.97 Å². The lowest BCUT2D eigenvalue weighted by molar-refractivity contribution is -0.141. The van der Waals surface area contributed by atoms with Crippen molar-refractivity contribution >= 4 is 25.8 Å². The Morgan fingerprint density at radius 3 is 2.69 bits per heavy atom. The van der Waals surface area contributed by atoms with Crippen LogP contribution in [0, 0.1) is 0 Å². The largest absolute Gasteiger partial charge is 0.465 e. The number of carbonyl (C=O) groups is 2. The van der Waals surface area contributed by atoms with E-state index in [1.807, 2.05) is 0 Å². The monoisotopic (exact) mass is 461 g/mol. The summed E-state index contributed by atoms with van der Waals surface area (Å²) in [5.74, 6) is -4.97. The van der Waals surface area contributed by atoms with Crippen LogP contribution >= 0.6 is 0 Å². The van der Waals surface area contributed by atoms with Gasteiger partial charge in [-0.15, -0.1) is 0 Å². The van der Waals surface area contributed by atoms with Crippen molar-refractivity contribution in [3.05, 3.63) is 53.0 Å². The minimum absolute atomic E-state index is 0.0762. The van der Waals surface area contributed by atoms with Crippen molar-refractivity contribution < 1.29 is 27.8 Å². The Bertz CT molecular complexity index is 1090. The summed E-state index contributed by atoms with van der Waals surface area (Å²) < 4.78 is 42.3. The Morgan fingerprint density at radius 1 is 1.25 bits per heavy atom. The van der Waals surface area contributed by atoms with Crippen LogP contribution in [0.5, 0.6) is 0 Å². The maximum absolute atomic E-state index is 16.0. The third-order valence-corrected chi connectivity index (χ3v) is 7.73. The van der Waals surface area contributed by atoms with Gasteiger partial charge in [0.15, 0.2) is 5.41 Å². The number of aromatic nitrogens is 2. The van der Waals surface area contributed by atoms with Gasteiger partial charge in [0.2, 0.25) is 5.91 Å².